The van der Waals surface area contributed by atoms with E-state index in [0.717, 1.165) is 29.5 Å². The smallest absolute Gasteiger partial charge is 0.344 e. The summed E-state index contributed by atoms with van der Waals surface area (Å²) in [4.78, 5) is 10.6. The minimum atomic E-state index is -4.35. The predicted octanol–water partition coefficient (Wildman–Crippen LogP) is 3.42. The highest BCUT2D eigenvalue weighted by Crippen LogP contribution is 2.32. The first-order chi connectivity index (χ1) is 8.47. The standard InChI is InChI=1S/C13H12F3NO/c1-2-17-11(5-6-18)7-9-3-4-10(8-12(9)17)13(14,15)16/h3-4,6-8H,2,5H2,1H3. The van der Waals surface area contributed by atoms with Gasteiger partial charge in [-0.3, -0.25) is 0 Å². The Labute approximate surface area is 102 Å². The Balaban J connectivity index is 2.64. The van der Waals surface area contributed by atoms with E-state index in [4.69, 9.17) is 0 Å². The molecular formula is C13H12F3NO. The Bertz CT molecular complexity index is 584. The number of halogens is 3. The summed E-state index contributed by atoms with van der Waals surface area (Å²) in [6.45, 7) is 2.38. The lowest BCUT2D eigenvalue weighted by molar-refractivity contribution is -0.137. The van der Waals surface area contributed by atoms with Crippen LogP contribution in [-0.4, -0.2) is 10.9 Å². The number of fused-ring (bicyclic) bond motifs is 1. The fraction of sp³-hybridized carbons (Fsp3) is 0.308. The minimum absolute atomic E-state index is 0.212. The maximum Gasteiger partial charge on any atom is 0.416 e. The summed E-state index contributed by atoms with van der Waals surface area (Å²) in [6, 6.07) is 5.40. The van der Waals surface area contributed by atoms with Crippen LogP contribution in [0, 0.1) is 0 Å². The van der Waals surface area contributed by atoms with E-state index in [1.165, 1.54) is 6.07 Å². The molecule has 2 nitrogen and oxygen atoms in total. The summed E-state index contributed by atoms with van der Waals surface area (Å²) >= 11 is 0. The van der Waals surface area contributed by atoms with Gasteiger partial charge in [0.2, 0.25) is 0 Å². The normalized spacial score (nSPS) is 12.0. The molecule has 1 aromatic carbocycles. The van der Waals surface area contributed by atoms with Crippen LogP contribution in [0.25, 0.3) is 10.9 Å². The highest BCUT2D eigenvalue weighted by molar-refractivity contribution is 5.83. The molecule has 0 spiro atoms. The van der Waals surface area contributed by atoms with Gasteiger partial charge in [-0.05, 0) is 30.5 Å². The van der Waals surface area contributed by atoms with Crippen LogP contribution < -0.4 is 0 Å². The number of alkyl halides is 3. The average Bonchev–Trinajstić information content (AvgIpc) is 2.64. The van der Waals surface area contributed by atoms with Crippen molar-refractivity contribution in [3.05, 3.63) is 35.5 Å². The van der Waals surface area contributed by atoms with E-state index in [1.54, 1.807) is 10.6 Å². The van der Waals surface area contributed by atoms with Crippen LogP contribution in [0.4, 0.5) is 13.2 Å². The molecular weight excluding hydrogens is 243 g/mol. The van der Waals surface area contributed by atoms with Crippen molar-refractivity contribution in [1.82, 2.24) is 4.57 Å². The van der Waals surface area contributed by atoms with Gasteiger partial charge in [-0.25, -0.2) is 0 Å². The quantitative estimate of drug-likeness (QED) is 0.770. The van der Waals surface area contributed by atoms with Crippen LogP contribution in [-0.2, 0) is 23.9 Å². The number of benzene rings is 1. The molecule has 0 amide bonds. The molecule has 0 bridgehead atoms. The molecule has 0 unspecified atom stereocenters. The maximum atomic E-state index is 12.6. The Hall–Kier alpha value is -1.78. The van der Waals surface area contributed by atoms with Crippen LogP contribution in [0.5, 0.6) is 0 Å². The molecule has 1 aromatic heterocycles. The highest BCUT2D eigenvalue weighted by atomic mass is 19.4. The van der Waals surface area contributed by atoms with Gasteiger partial charge >= 0.3 is 6.18 Å². The second-order valence-electron chi connectivity index (χ2n) is 4.02. The Kier molecular flexibility index (Phi) is 3.15. The van der Waals surface area contributed by atoms with Crippen molar-refractivity contribution >= 4 is 17.2 Å². The van der Waals surface area contributed by atoms with E-state index >= 15 is 0 Å². The second kappa shape index (κ2) is 4.48. The number of carbonyl (C=O) groups excluding carboxylic acids is 1. The number of hydrogen-bond donors (Lipinski definition) is 0. The topological polar surface area (TPSA) is 22.0 Å². The van der Waals surface area contributed by atoms with Crippen molar-refractivity contribution in [2.24, 2.45) is 0 Å². The molecule has 1 heterocycles. The van der Waals surface area contributed by atoms with E-state index in [9.17, 15) is 18.0 Å². The van der Waals surface area contributed by atoms with Crippen molar-refractivity contribution in [2.75, 3.05) is 0 Å². The molecule has 96 valence electrons. The van der Waals surface area contributed by atoms with Crippen molar-refractivity contribution < 1.29 is 18.0 Å². The first-order valence-corrected chi connectivity index (χ1v) is 5.60. The van der Waals surface area contributed by atoms with Crippen molar-refractivity contribution in [3.8, 4) is 0 Å². The average molecular weight is 255 g/mol. The number of rotatable bonds is 3. The molecule has 0 aliphatic carbocycles. The van der Waals surface area contributed by atoms with Gasteiger partial charge in [0, 0.05) is 24.2 Å². The molecule has 0 saturated heterocycles. The third-order valence-electron chi connectivity index (χ3n) is 2.93. The lowest BCUT2D eigenvalue weighted by Gasteiger charge is -2.09. The molecule has 0 atom stereocenters. The van der Waals surface area contributed by atoms with Crippen LogP contribution in [0.3, 0.4) is 0 Å². The van der Waals surface area contributed by atoms with Crippen molar-refractivity contribution in [1.29, 1.82) is 0 Å². The van der Waals surface area contributed by atoms with Crippen LogP contribution in [0.15, 0.2) is 24.3 Å². The van der Waals surface area contributed by atoms with E-state index in [0.29, 0.717) is 12.1 Å². The Morgan fingerprint density at radius 1 is 1.28 bits per heavy atom. The summed E-state index contributed by atoms with van der Waals surface area (Å²) in [5, 5.41) is 0.724. The number of hydrogen-bond acceptors (Lipinski definition) is 1. The van der Waals surface area contributed by atoms with Gasteiger partial charge in [-0.2, -0.15) is 13.2 Å². The molecule has 0 fully saturated rings. The highest BCUT2D eigenvalue weighted by Gasteiger charge is 2.30. The van der Waals surface area contributed by atoms with Gasteiger partial charge in [0.25, 0.3) is 0 Å². The molecule has 0 aliphatic heterocycles. The van der Waals surface area contributed by atoms with Gasteiger partial charge in [0.1, 0.15) is 6.29 Å². The summed E-state index contributed by atoms with van der Waals surface area (Å²) < 4.78 is 39.7. The largest absolute Gasteiger partial charge is 0.416 e. The summed E-state index contributed by atoms with van der Waals surface area (Å²) in [6.07, 6.45) is -3.38. The van der Waals surface area contributed by atoms with E-state index < -0.39 is 11.7 Å². The maximum absolute atomic E-state index is 12.6. The second-order valence-corrected chi connectivity index (χ2v) is 4.02. The van der Waals surface area contributed by atoms with E-state index in [-0.39, 0.29) is 6.42 Å². The summed E-state index contributed by atoms with van der Waals surface area (Å²) in [5.74, 6) is 0. The fourth-order valence-corrected chi connectivity index (χ4v) is 2.12. The zero-order chi connectivity index (χ0) is 13.3. The monoisotopic (exact) mass is 255 g/mol. The molecule has 2 aromatic rings. The SMILES string of the molecule is CCn1c(CC=O)cc2ccc(C(F)(F)F)cc21. The van der Waals surface area contributed by atoms with Gasteiger partial charge in [0.05, 0.1) is 5.56 Å². The summed E-state index contributed by atoms with van der Waals surface area (Å²) in [7, 11) is 0. The van der Waals surface area contributed by atoms with Crippen LogP contribution >= 0.6 is 0 Å². The molecule has 2 rings (SSSR count). The van der Waals surface area contributed by atoms with Crippen molar-refractivity contribution in [3.63, 3.8) is 0 Å². The molecule has 5 heteroatoms. The van der Waals surface area contributed by atoms with Gasteiger partial charge in [0.15, 0.2) is 0 Å². The number of aldehydes is 1. The first kappa shape index (κ1) is 12.7. The molecule has 18 heavy (non-hydrogen) atoms. The third-order valence-corrected chi connectivity index (χ3v) is 2.93. The van der Waals surface area contributed by atoms with Crippen molar-refractivity contribution in [2.45, 2.75) is 26.1 Å². The number of aryl methyl sites for hydroxylation is 1. The summed E-state index contributed by atoms with van der Waals surface area (Å²) in [5.41, 5.74) is 0.589. The molecule has 0 radical (unpaired) electrons. The number of nitrogens with zero attached hydrogens (tertiary/aromatic N) is 1. The molecule has 0 aliphatic rings. The van der Waals surface area contributed by atoms with Crippen LogP contribution in [0.1, 0.15) is 18.2 Å². The predicted molar refractivity (Wildman–Crippen MR) is 62.4 cm³/mol. The van der Waals surface area contributed by atoms with E-state index in [2.05, 4.69) is 0 Å². The lowest BCUT2D eigenvalue weighted by atomic mass is 10.1. The van der Waals surface area contributed by atoms with Crippen LogP contribution in [0.2, 0.25) is 0 Å². The number of aromatic nitrogens is 1. The Morgan fingerprint density at radius 3 is 2.56 bits per heavy atom. The van der Waals surface area contributed by atoms with E-state index in [1.807, 2.05) is 6.92 Å². The zero-order valence-corrected chi connectivity index (χ0v) is 9.79. The lowest BCUT2D eigenvalue weighted by Crippen LogP contribution is -2.06. The Morgan fingerprint density at radius 2 is 2.00 bits per heavy atom. The molecule has 0 saturated carbocycles. The van der Waals surface area contributed by atoms with Gasteiger partial charge < -0.3 is 9.36 Å². The van der Waals surface area contributed by atoms with Gasteiger partial charge in [-0.15, -0.1) is 0 Å². The number of carbonyl (C=O) groups is 1. The third kappa shape index (κ3) is 2.12. The minimum Gasteiger partial charge on any atom is -0.344 e. The first-order valence-electron chi connectivity index (χ1n) is 5.60. The fourth-order valence-electron chi connectivity index (χ4n) is 2.12. The van der Waals surface area contributed by atoms with Gasteiger partial charge in [-0.1, -0.05) is 6.07 Å². The zero-order valence-electron chi connectivity index (χ0n) is 9.79. The molecule has 0 N–H and O–H groups in total.